The third-order valence-electron chi connectivity index (χ3n) is 2.81. The van der Waals surface area contributed by atoms with Crippen molar-refractivity contribution in [3.8, 4) is 0 Å². The summed E-state index contributed by atoms with van der Waals surface area (Å²) in [6, 6.07) is 3.65. The molecular formula is C10H14N2O2. The third-order valence-corrected chi connectivity index (χ3v) is 2.81. The summed E-state index contributed by atoms with van der Waals surface area (Å²) in [6.45, 7) is 5.38. The number of hydrogen-bond acceptors (Lipinski definition) is 4. The minimum Gasteiger partial charge on any atom is -0.348 e. The average Bonchev–Trinajstić information content (AvgIpc) is 2.22. The van der Waals surface area contributed by atoms with Gasteiger partial charge in [-0.1, -0.05) is 0 Å². The number of anilines is 1. The molecule has 0 saturated heterocycles. The van der Waals surface area contributed by atoms with E-state index in [0.29, 0.717) is 11.4 Å². The molecule has 0 spiro atoms. The molecule has 1 aliphatic heterocycles. The maximum atomic E-state index is 9.74. The molecule has 4 nitrogen and oxygen atoms in total. The fraction of sp³-hybridized carbons (Fsp3) is 0.500. The largest absolute Gasteiger partial charge is 0.348 e. The van der Waals surface area contributed by atoms with Crippen LogP contribution < -0.4 is 5.32 Å². The zero-order valence-electron chi connectivity index (χ0n) is 8.50. The summed E-state index contributed by atoms with van der Waals surface area (Å²) in [6.07, 6.45) is 0. The van der Waals surface area contributed by atoms with E-state index in [-0.39, 0.29) is 0 Å². The van der Waals surface area contributed by atoms with E-state index in [1.54, 1.807) is 13.8 Å². The Morgan fingerprint density at radius 1 is 1.29 bits per heavy atom. The van der Waals surface area contributed by atoms with E-state index < -0.39 is 11.3 Å². The number of fused-ring (bicyclic) bond motifs is 1. The van der Waals surface area contributed by atoms with Crippen molar-refractivity contribution >= 4 is 5.69 Å². The lowest BCUT2D eigenvalue weighted by Crippen LogP contribution is -2.49. The van der Waals surface area contributed by atoms with Crippen LogP contribution in [-0.2, 0) is 5.41 Å². The van der Waals surface area contributed by atoms with Gasteiger partial charge in [0.05, 0.1) is 16.8 Å². The Bertz CT molecular complexity index is 386. The fourth-order valence-corrected chi connectivity index (χ4v) is 1.64. The summed E-state index contributed by atoms with van der Waals surface area (Å²) in [7, 11) is 0. The highest BCUT2D eigenvalue weighted by molar-refractivity contribution is 5.59. The Kier molecular flexibility index (Phi) is 1.66. The first-order valence-corrected chi connectivity index (χ1v) is 4.56. The second-order valence-corrected chi connectivity index (χ2v) is 4.27. The number of aryl methyl sites for hydroxylation is 1. The Hall–Kier alpha value is -1.13. The van der Waals surface area contributed by atoms with E-state index in [1.807, 2.05) is 19.1 Å². The quantitative estimate of drug-likeness (QED) is 0.533. The van der Waals surface area contributed by atoms with Crippen molar-refractivity contribution < 1.29 is 10.2 Å². The van der Waals surface area contributed by atoms with E-state index >= 15 is 0 Å². The Morgan fingerprint density at radius 3 is 2.57 bits per heavy atom. The first-order valence-electron chi connectivity index (χ1n) is 4.56. The predicted molar refractivity (Wildman–Crippen MR) is 52.8 cm³/mol. The molecule has 0 unspecified atom stereocenters. The number of nitrogens with one attached hydrogen (secondary N) is 1. The molecule has 0 amide bonds. The maximum absolute atomic E-state index is 9.74. The molecule has 14 heavy (non-hydrogen) atoms. The molecule has 0 aliphatic carbocycles. The van der Waals surface area contributed by atoms with E-state index in [0.717, 1.165) is 5.69 Å². The van der Waals surface area contributed by atoms with Gasteiger partial charge in [0.15, 0.2) is 0 Å². The first-order chi connectivity index (χ1) is 6.34. The van der Waals surface area contributed by atoms with E-state index in [2.05, 4.69) is 10.3 Å². The molecule has 4 heteroatoms. The van der Waals surface area contributed by atoms with Crippen LogP contribution in [0.4, 0.5) is 5.69 Å². The van der Waals surface area contributed by atoms with Gasteiger partial charge in [-0.3, -0.25) is 4.98 Å². The molecule has 1 aromatic heterocycles. The van der Waals surface area contributed by atoms with Crippen LogP contribution in [0.1, 0.15) is 25.2 Å². The van der Waals surface area contributed by atoms with Crippen molar-refractivity contribution in [2.75, 3.05) is 5.32 Å². The third kappa shape index (κ3) is 1.04. The van der Waals surface area contributed by atoms with Crippen LogP contribution >= 0.6 is 0 Å². The first kappa shape index (κ1) is 9.43. The van der Waals surface area contributed by atoms with Gasteiger partial charge in [0.2, 0.25) is 0 Å². The highest BCUT2D eigenvalue weighted by atomic mass is 16.5. The molecule has 76 valence electrons. The molecule has 0 aromatic carbocycles. The average molecular weight is 194 g/mol. The number of rotatable bonds is 0. The van der Waals surface area contributed by atoms with Crippen LogP contribution in [0.25, 0.3) is 0 Å². The molecule has 0 saturated carbocycles. The smallest absolute Gasteiger partial charge is 0.255 e. The second kappa shape index (κ2) is 2.46. The van der Waals surface area contributed by atoms with Gasteiger partial charge in [0, 0.05) is 5.69 Å². The van der Waals surface area contributed by atoms with Crippen LogP contribution in [0.2, 0.25) is 0 Å². The number of hydrogen-bond donors (Lipinski definition) is 3. The van der Waals surface area contributed by atoms with Gasteiger partial charge < -0.3 is 15.5 Å². The van der Waals surface area contributed by atoms with Crippen molar-refractivity contribution in [3.63, 3.8) is 0 Å². The Morgan fingerprint density at radius 2 is 1.93 bits per heavy atom. The fourth-order valence-electron chi connectivity index (χ4n) is 1.64. The normalized spacial score (nSPS) is 21.5. The monoisotopic (exact) mass is 194 g/mol. The van der Waals surface area contributed by atoms with E-state index in [4.69, 9.17) is 0 Å². The highest BCUT2D eigenvalue weighted by Gasteiger charge is 2.51. The zero-order valence-corrected chi connectivity index (χ0v) is 8.50. The number of pyridine rings is 1. The van der Waals surface area contributed by atoms with Crippen molar-refractivity contribution in [2.24, 2.45) is 0 Å². The van der Waals surface area contributed by atoms with Gasteiger partial charge in [-0.25, -0.2) is 0 Å². The van der Waals surface area contributed by atoms with Crippen molar-refractivity contribution in [2.45, 2.75) is 32.1 Å². The molecule has 2 rings (SSSR count). The summed E-state index contributed by atoms with van der Waals surface area (Å²) >= 11 is 0. The molecule has 1 aliphatic rings. The Labute approximate surface area is 82.6 Å². The van der Waals surface area contributed by atoms with Gasteiger partial charge >= 0.3 is 0 Å². The molecule has 1 aromatic rings. The molecule has 0 fully saturated rings. The zero-order chi connectivity index (χ0) is 10.6. The van der Waals surface area contributed by atoms with Crippen LogP contribution in [-0.4, -0.2) is 21.1 Å². The number of aliphatic hydroxyl groups is 2. The van der Waals surface area contributed by atoms with Crippen LogP contribution in [0.5, 0.6) is 0 Å². The van der Waals surface area contributed by atoms with Crippen molar-refractivity contribution in [3.05, 3.63) is 23.5 Å². The van der Waals surface area contributed by atoms with Crippen LogP contribution in [0.15, 0.2) is 12.1 Å². The molecule has 0 atom stereocenters. The lowest BCUT2D eigenvalue weighted by molar-refractivity contribution is -0.175. The van der Waals surface area contributed by atoms with Gasteiger partial charge in [0.25, 0.3) is 5.91 Å². The highest BCUT2D eigenvalue weighted by Crippen LogP contribution is 2.43. The molecule has 0 bridgehead atoms. The molecule has 2 heterocycles. The van der Waals surface area contributed by atoms with Crippen LogP contribution in [0, 0.1) is 6.92 Å². The second-order valence-electron chi connectivity index (χ2n) is 4.27. The summed E-state index contributed by atoms with van der Waals surface area (Å²) in [5.41, 5.74) is 1.46. The summed E-state index contributed by atoms with van der Waals surface area (Å²) in [5.74, 6) is -1.92. The Balaban J connectivity index is 2.62. The summed E-state index contributed by atoms with van der Waals surface area (Å²) < 4.78 is 0. The topological polar surface area (TPSA) is 65.4 Å². The lowest BCUT2D eigenvalue weighted by Gasteiger charge is -2.30. The molecule has 3 N–H and O–H groups in total. The van der Waals surface area contributed by atoms with Gasteiger partial charge in [-0.2, -0.15) is 0 Å². The minimum absolute atomic E-state index is 0.686. The number of nitrogens with zero attached hydrogens (tertiary/aromatic N) is 1. The van der Waals surface area contributed by atoms with E-state index in [1.165, 1.54) is 0 Å². The number of aromatic nitrogens is 1. The van der Waals surface area contributed by atoms with E-state index in [9.17, 15) is 10.2 Å². The summed E-state index contributed by atoms with van der Waals surface area (Å²) in [4.78, 5) is 4.32. The van der Waals surface area contributed by atoms with Gasteiger partial charge in [0.1, 0.15) is 0 Å². The van der Waals surface area contributed by atoms with Gasteiger partial charge in [-0.05, 0) is 32.9 Å². The van der Waals surface area contributed by atoms with Crippen molar-refractivity contribution in [1.29, 1.82) is 0 Å². The SMILES string of the molecule is Cc1ccc2c(n1)C(C)(C)C(O)(O)N2. The molecular weight excluding hydrogens is 180 g/mol. The maximum Gasteiger partial charge on any atom is 0.255 e. The van der Waals surface area contributed by atoms with Crippen LogP contribution in [0.3, 0.4) is 0 Å². The minimum atomic E-state index is -1.92. The lowest BCUT2D eigenvalue weighted by atomic mass is 9.87. The standard InChI is InChI=1S/C10H14N2O2/c1-6-4-5-7-8(11-6)9(2,3)10(13,14)12-7/h4-5,12-14H,1-3H3. The predicted octanol–water partition coefficient (Wildman–Crippen LogP) is 0.732. The summed E-state index contributed by atoms with van der Waals surface area (Å²) in [5, 5.41) is 22.1. The van der Waals surface area contributed by atoms with Gasteiger partial charge in [-0.15, -0.1) is 0 Å². The molecule has 0 radical (unpaired) electrons. The van der Waals surface area contributed by atoms with Crippen molar-refractivity contribution in [1.82, 2.24) is 4.98 Å².